The van der Waals surface area contributed by atoms with Crippen molar-refractivity contribution in [2.24, 2.45) is 11.7 Å². The van der Waals surface area contributed by atoms with Crippen LogP contribution in [0.3, 0.4) is 0 Å². The average Bonchev–Trinajstić information content (AvgIpc) is 1.88. The second kappa shape index (κ2) is 10.7. The Morgan fingerprint density at radius 3 is 1.08 bits per heavy atom. The molecule has 13 heavy (non-hydrogen) atoms. The Labute approximate surface area is 110 Å². The summed E-state index contributed by atoms with van der Waals surface area (Å²) >= 11 is 17.7. The second-order valence-corrected chi connectivity index (χ2v) is 3.82. The van der Waals surface area contributed by atoms with Crippen LogP contribution in [0.5, 0.6) is 0 Å². The minimum absolute atomic E-state index is 0. The van der Waals surface area contributed by atoms with E-state index in [9.17, 15) is 0 Å². The molecule has 4 nitrogen and oxygen atoms in total. The summed E-state index contributed by atoms with van der Waals surface area (Å²) in [6, 6.07) is 0. The second-order valence-electron chi connectivity index (χ2n) is 1.75. The fourth-order valence-corrected chi connectivity index (χ4v) is 0. The van der Waals surface area contributed by atoms with Crippen LogP contribution in [0.1, 0.15) is 0 Å². The van der Waals surface area contributed by atoms with Gasteiger partial charge in [-0.25, -0.2) is 11.7 Å². The van der Waals surface area contributed by atoms with Crippen LogP contribution in [0.25, 0.3) is 0 Å². The summed E-state index contributed by atoms with van der Waals surface area (Å²) in [5.41, 5.74) is 0. The van der Waals surface area contributed by atoms with E-state index < -0.39 is 0 Å². The molecule has 0 atom stereocenters. The smallest absolute Gasteiger partial charge is 0.410 e. The number of hydrogen-bond donors (Lipinski definition) is 2. The van der Waals surface area contributed by atoms with Crippen LogP contribution in [0.15, 0.2) is 0 Å². The maximum Gasteiger partial charge on any atom is 2.00 e. The molecule has 0 aliphatic carbocycles. The zero-order valence-corrected chi connectivity index (χ0v) is 11.3. The van der Waals surface area contributed by atoms with Gasteiger partial charge in [0.05, 0.1) is 0 Å². The molecular weight excluding hydrogens is 291 g/mol. The first-order valence-corrected chi connectivity index (χ1v) is 4.31. The van der Waals surface area contributed by atoms with E-state index in [1.807, 2.05) is 0 Å². The van der Waals surface area contributed by atoms with Crippen molar-refractivity contribution in [1.29, 1.82) is 0 Å². The predicted molar refractivity (Wildman–Crippen MR) is 63.8 cm³/mol. The third-order valence-electron chi connectivity index (χ3n) is 0.576. The van der Waals surface area contributed by atoms with E-state index in [2.05, 4.69) is 49.7 Å². The van der Waals surface area contributed by atoms with Gasteiger partial charge in [-0.1, -0.05) is 0 Å². The largest absolute Gasteiger partial charge is 2.00 e. The minimum Gasteiger partial charge on any atom is -0.410 e. The van der Waals surface area contributed by atoms with Crippen molar-refractivity contribution < 1.29 is 16.5 Å². The summed E-state index contributed by atoms with van der Waals surface area (Å²) in [5.74, 6) is 10.0. The van der Waals surface area contributed by atoms with E-state index in [4.69, 9.17) is 11.7 Å². The SMILES string of the molecule is CN(N)C(=S)[S-].CN(N)C(=S)[S-].[Ni+2]. The van der Waals surface area contributed by atoms with Gasteiger partial charge in [0.25, 0.3) is 0 Å². The molecule has 0 spiro atoms. The quantitative estimate of drug-likeness (QED) is 0.199. The molecule has 0 amide bonds. The fraction of sp³-hybridized carbons (Fsp3) is 0.500. The van der Waals surface area contributed by atoms with Gasteiger partial charge in [0, 0.05) is 14.1 Å². The first-order valence-electron chi connectivity index (χ1n) is 2.67. The molecule has 0 aliphatic rings. The van der Waals surface area contributed by atoms with Crippen LogP contribution in [-0.4, -0.2) is 32.8 Å². The molecule has 0 saturated carbocycles. The first-order chi connectivity index (χ1) is 5.29. The van der Waals surface area contributed by atoms with Gasteiger partial charge in [-0.15, -0.1) is 0 Å². The molecular formula is C4H10N4NiS4. The zero-order chi connectivity index (χ0) is 10.3. The van der Waals surface area contributed by atoms with Crippen molar-refractivity contribution in [3.63, 3.8) is 0 Å². The Morgan fingerprint density at radius 1 is 1.00 bits per heavy atom. The number of nitrogens with zero attached hydrogens (tertiary/aromatic N) is 2. The number of thiocarbonyl (C=S) groups is 2. The van der Waals surface area contributed by atoms with Gasteiger partial charge in [-0.3, -0.25) is 0 Å². The molecule has 0 bridgehead atoms. The molecule has 0 rings (SSSR count). The summed E-state index contributed by atoms with van der Waals surface area (Å²) in [7, 11) is 3.21. The van der Waals surface area contributed by atoms with Gasteiger partial charge in [-0.05, 0) is 8.64 Å². The van der Waals surface area contributed by atoms with Crippen molar-refractivity contribution in [3.05, 3.63) is 0 Å². The Hall–Kier alpha value is 0.634. The summed E-state index contributed by atoms with van der Waals surface area (Å²) in [4.78, 5) is 0. The topological polar surface area (TPSA) is 58.5 Å². The van der Waals surface area contributed by atoms with Crippen LogP contribution in [0, 0.1) is 0 Å². The van der Waals surface area contributed by atoms with Crippen molar-refractivity contribution in [2.75, 3.05) is 14.1 Å². The Balaban J connectivity index is -0.000000143. The Bertz CT molecular complexity index is 144. The fourth-order valence-electron chi connectivity index (χ4n) is 0. The van der Waals surface area contributed by atoms with E-state index in [-0.39, 0.29) is 25.1 Å². The summed E-state index contributed by atoms with van der Waals surface area (Å²) in [5, 5.41) is 2.43. The van der Waals surface area contributed by atoms with E-state index in [1.165, 1.54) is 10.0 Å². The van der Waals surface area contributed by atoms with Crippen LogP contribution in [0.4, 0.5) is 0 Å². The molecule has 0 saturated heterocycles. The van der Waals surface area contributed by atoms with E-state index in [0.29, 0.717) is 0 Å². The van der Waals surface area contributed by atoms with Gasteiger partial charge < -0.3 is 59.7 Å². The molecule has 0 aliphatic heterocycles. The average molecular weight is 301 g/mol. The van der Waals surface area contributed by atoms with Crippen molar-refractivity contribution in [1.82, 2.24) is 10.0 Å². The third kappa shape index (κ3) is 19.2. The normalized spacial score (nSPS) is 7.08. The molecule has 0 aromatic heterocycles. The summed E-state index contributed by atoms with van der Waals surface area (Å²) in [6.45, 7) is 0. The molecule has 80 valence electrons. The van der Waals surface area contributed by atoms with E-state index in [1.54, 1.807) is 14.1 Å². The third-order valence-corrected chi connectivity index (χ3v) is 1.73. The molecule has 4 N–H and O–H groups in total. The van der Waals surface area contributed by atoms with Crippen LogP contribution >= 0.6 is 24.4 Å². The number of nitrogens with two attached hydrogens (primary N) is 2. The zero-order valence-electron chi connectivity index (χ0n) is 7.00. The summed E-state index contributed by atoms with van der Waals surface area (Å²) < 4.78 is 0.574. The molecule has 0 aromatic carbocycles. The van der Waals surface area contributed by atoms with Gasteiger partial charge in [0.15, 0.2) is 0 Å². The number of hydrogen-bond acceptors (Lipinski definition) is 6. The maximum atomic E-state index is 5.02. The predicted octanol–water partition coefficient (Wildman–Crippen LogP) is -0.755. The molecule has 0 radical (unpaired) electrons. The van der Waals surface area contributed by atoms with Gasteiger partial charge >= 0.3 is 16.5 Å². The van der Waals surface area contributed by atoms with Crippen molar-refractivity contribution in [3.8, 4) is 0 Å². The molecule has 0 heterocycles. The molecule has 0 fully saturated rings. The molecule has 0 unspecified atom stereocenters. The first kappa shape index (κ1) is 19.2. The van der Waals surface area contributed by atoms with Gasteiger partial charge in [-0.2, -0.15) is 0 Å². The molecule has 9 heteroatoms. The molecule has 0 aromatic rings. The monoisotopic (exact) mass is 300 g/mol. The van der Waals surface area contributed by atoms with Crippen molar-refractivity contribution in [2.45, 2.75) is 0 Å². The Morgan fingerprint density at radius 2 is 1.08 bits per heavy atom. The number of rotatable bonds is 0. The van der Waals surface area contributed by atoms with Crippen molar-refractivity contribution >= 4 is 58.3 Å². The van der Waals surface area contributed by atoms with E-state index >= 15 is 0 Å². The maximum absolute atomic E-state index is 5.02. The standard InChI is InChI=1S/2C2H6N2S2.Ni/c2*1-4(3)2(5)6;/h2*3H2,1H3,(H,5,6);/q;;+2/p-2. The van der Waals surface area contributed by atoms with Gasteiger partial charge in [0.2, 0.25) is 0 Å². The Kier molecular flexibility index (Phi) is 15.9. The van der Waals surface area contributed by atoms with Crippen LogP contribution in [-0.2, 0) is 41.7 Å². The van der Waals surface area contributed by atoms with Crippen LogP contribution in [0.2, 0.25) is 0 Å². The minimum atomic E-state index is 0. The summed E-state index contributed by atoms with van der Waals surface area (Å²) in [6.07, 6.45) is 0. The van der Waals surface area contributed by atoms with Crippen LogP contribution < -0.4 is 11.7 Å². The van der Waals surface area contributed by atoms with E-state index in [0.717, 1.165) is 0 Å². The van der Waals surface area contributed by atoms with Gasteiger partial charge in [0.1, 0.15) is 0 Å². The number of hydrazine groups is 2.